The van der Waals surface area contributed by atoms with Crippen LogP contribution in [0.1, 0.15) is 37.7 Å². The summed E-state index contributed by atoms with van der Waals surface area (Å²) in [7, 11) is 0. The largest absolute Gasteiger partial charge is 0.387 e. The second kappa shape index (κ2) is 7.49. The zero-order valence-corrected chi connectivity index (χ0v) is 12.4. The molecule has 1 fully saturated rings. The Balaban J connectivity index is 1.98. The SMILES string of the molecule is Cc1ccccc1NC(=O)/C(C#N)=C\NC1CCCCC1. The second-order valence-electron chi connectivity index (χ2n) is 5.44. The number of carbonyl (C=O) groups is 1. The lowest BCUT2D eigenvalue weighted by molar-refractivity contribution is -0.112. The first-order chi connectivity index (χ1) is 10.2. The molecule has 0 spiro atoms. The molecule has 1 aliphatic carbocycles. The van der Waals surface area contributed by atoms with Gasteiger partial charge in [-0.2, -0.15) is 5.26 Å². The summed E-state index contributed by atoms with van der Waals surface area (Å²) in [6.45, 7) is 1.92. The fourth-order valence-corrected chi connectivity index (χ4v) is 2.52. The quantitative estimate of drug-likeness (QED) is 0.658. The van der Waals surface area contributed by atoms with Crippen LogP contribution in [0, 0.1) is 18.3 Å². The number of nitriles is 1. The maximum absolute atomic E-state index is 12.1. The Morgan fingerprint density at radius 2 is 2.00 bits per heavy atom. The summed E-state index contributed by atoms with van der Waals surface area (Å²) in [5, 5.41) is 15.1. The predicted octanol–water partition coefficient (Wildman–Crippen LogP) is 3.26. The Morgan fingerprint density at radius 3 is 2.67 bits per heavy atom. The van der Waals surface area contributed by atoms with Gasteiger partial charge < -0.3 is 10.6 Å². The number of para-hydroxylation sites is 1. The van der Waals surface area contributed by atoms with Gasteiger partial charge in [0.05, 0.1) is 0 Å². The number of benzene rings is 1. The van der Waals surface area contributed by atoms with Crippen LogP contribution in [-0.2, 0) is 4.79 Å². The minimum Gasteiger partial charge on any atom is -0.387 e. The maximum atomic E-state index is 12.1. The van der Waals surface area contributed by atoms with Crippen LogP contribution in [0.25, 0.3) is 0 Å². The number of nitrogens with zero attached hydrogens (tertiary/aromatic N) is 1. The Labute approximate surface area is 125 Å². The van der Waals surface area contributed by atoms with Crippen LogP contribution < -0.4 is 10.6 Å². The van der Waals surface area contributed by atoms with Gasteiger partial charge in [-0.05, 0) is 31.4 Å². The highest BCUT2D eigenvalue weighted by molar-refractivity contribution is 6.06. The molecule has 0 atom stereocenters. The summed E-state index contributed by atoms with van der Waals surface area (Å²) in [4.78, 5) is 12.1. The maximum Gasteiger partial charge on any atom is 0.267 e. The average Bonchev–Trinajstić information content (AvgIpc) is 2.51. The monoisotopic (exact) mass is 283 g/mol. The molecule has 2 rings (SSSR count). The summed E-state index contributed by atoms with van der Waals surface area (Å²) in [5.74, 6) is -0.366. The van der Waals surface area contributed by atoms with Gasteiger partial charge in [-0.15, -0.1) is 0 Å². The van der Waals surface area contributed by atoms with Crippen molar-refractivity contribution in [2.24, 2.45) is 0 Å². The van der Waals surface area contributed by atoms with Crippen molar-refractivity contribution >= 4 is 11.6 Å². The van der Waals surface area contributed by atoms with E-state index in [0.717, 1.165) is 24.1 Å². The van der Waals surface area contributed by atoms with Crippen LogP contribution in [0.15, 0.2) is 36.0 Å². The lowest BCUT2D eigenvalue weighted by Crippen LogP contribution is -2.28. The third kappa shape index (κ3) is 4.35. The van der Waals surface area contributed by atoms with E-state index in [1.165, 1.54) is 19.3 Å². The molecule has 1 amide bonds. The summed E-state index contributed by atoms with van der Waals surface area (Å²) >= 11 is 0. The van der Waals surface area contributed by atoms with Gasteiger partial charge in [-0.1, -0.05) is 37.5 Å². The predicted molar refractivity (Wildman–Crippen MR) is 83.5 cm³/mol. The van der Waals surface area contributed by atoms with E-state index in [-0.39, 0.29) is 11.5 Å². The van der Waals surface area contributed by atoms with Gasteiger partial charge in [0.2, 0.25) is 0 Å². The van der Waals surface area contributed by atoms with Crippen LogP contribution in [0.5, 0.6) is 0 Å². The molecule has 0 bridgehead atoms. The molecular formula is C17H21N3O. The second-order valence-corrected chi connectivity index (χ2v) is 5.44. The summed E-state index contributed by atoms with van der Waals surface area (Å²) < 4.78 is 0. The first-order valence-electron chi connectivity index (χ1n) is 7.44. The number of nitrogens with one attached hydrogen (secondary N) is 2. The molecule has 1 saturated carbocycles. The molecule has 0 aromatic heterocycles. The molecule has 4 nitrogen and oxygen atoms in total. The molecule has 0 radical (unpaired) electrons. The lowest BCUT2D eigenvalue weighted by Gasteiger charge is -2.21. The molecular weight excluding hydrogens is 262 g/mol. The molecule has 21 heavy (non-hydrogen) atoms. The number of rotatable bonds is 4. The van der Waals surface area contributed by atoms with Crippen LogP contribution >= 0.6 is 0 Å². The van der Waals surface area contributed by atoms with E-state index in [4.69, 9.17) is 5.26 Å². The molecule has 4 heteroatoms. The molecule has 0 heterocycles. The van der Waals surface area contributed by atoms with E-state index in [1.807, 2.05) is 37.3 Å². The summed E-state index contributed by atoms with van der Waals surface area (Å²) in [6.07, 6.45) is 7.47. The first-order valence-corrected chi connectivity index (χ1v) is 7.44. The molecule has 1 aliphatic rings. The van der Waals surface area contributed by atoms with Crippen molar-refractivity contribution in [3.05, 3.63) is 41.6 Å². The molecule has 0 aliphatic heterocycles. The molecule has 1 aromatic carbocycles. The third-order valence-electron chi connectivity index (χ3n) is 3.83. The number of hydrogen-bond donors (Lipinski definition) is 2. The Kier molecular flexibility index (Phi) is 5.39. The van der Waals surface area contributed by atoms with Crippen molar-refractivity contribution in [1.29, 1.82) is 5.26 Å². The highest BCUT2D eigenvalue weighted by Crippen LogP contribution is 2.18. The van der Waals surface area contributed by atoms with Crippen LogP contribution in [0.4, 0.5) is 5.69 Å². The van der Waals surface area contributed by atoms with E-state index in [0.29, 0.717) is 6.04 Å². The van der Waals surface area contributed by atoms with E-state index in [9.17, 15) is 4.79 Å². The minimum atomic E-state index is -0.366. The summed E-state index contributed by atoms with van der Waals surface area (Å²) in [6, 6.07) is 9.88. The average molecular weight is 283 g/mol. The molecule has 0 saturated heterocycles. The standard InChI is InChI=1S/C17H21N3O/c1-13-7-5-6-10-16(13)20-17(21)14(11-18)12-19-15-8-3-2-4-9-15/h5-7,10,12,15,19H,2-4,8-9H2,1H3,(H,20,21)/b14-12-. The number of carbonyl (C=O) groups excluding carboxylic acids is 1. The molecule has 2 N–H and O–H groups in total. The van der Waals surface area contributed by atoms with E-state index >= 15 is 0 Å². The van der Waals surface area contributed by atoms with Gasteiger partial charge >= 0.3 is 0 Å². The molecule has 1 aromatic rings. The van der Waals surface area contributed by atoms with Crippen molar-refractivity contribution in [3.63, 3.8) is 0 Å². The van der Waals surface area contributed by atoms with Gasteiger partial charge in [-0.3, -0.25) is 4.79 Å². The van der Waals surface area contributed by atoms with E-state index in [2.05, 4.69) is 10.6 Å². The van der Waals surface area contributed by atoms with Crippen molar-refractivity contribution in [2.45, 2.75) is 45.1 Å². The van der Waals surface area contributed by atoms with Crippen molar-refractivity contribution in [2.75, 3.05) is 5.32 Å². The highest BCUT2D eigenvalue weighted by atomic mass is 16.1. The summed E-state index contributed by atoms with van der Waals surface area (Å²) in [5.41, 5.74) is 1.83. The first kappa shape index (κ1) is 15.1. The topological polar surface area (TPSA) is 64.9 Å². The van der Waals surface area contributed by atoms with Gasteiger partial charge in [0.15, 0.2) is 0 Å². The fourth-order valence-electron chi connectivity index (χ4n) is 2.52. The van der Waals surface area contributed by atoms with E-state index in [1.54, 1.807) is 6.20 Å². The third-order valence-corrected chi connectivity index (χ3v) is 3.83. The van der Waals surface area contributed by atoms with Crippen molar-refractivity contribution < 1.29 is 4.79 Å². The van der Waals surface area contributed by atoms with Gasteiger partial charge in [0, 0.05) is 17.9 Å². The minimum absolute atomic E-state index is 0.115. The normalized spacial score (nSPS) is 16.1. The molecule has 110 valence electrons. The van der Waals surface area contributed by atoms with Gasteiger partial charge in [0.25, 0.3) is 5.91 Å². The van der Waals surface area contributed by atoms with Crippen molar-refractivity contribution in [1.82, 2.24) is 5.32 Å². The number of hydrogen-bond acceptors (Lipinski definition) is 3. The number of amides is 1. The van der Waals surface area contributed by atoms with Crippen molar-refractivity contribution in [3.8, 4) is 6.07 Å². The number of aryl methyl sites for hydroxylation is 1. The number of anilines is 1. The Hall–Kier alpha value is -2.28. The fraction of sp³-hybridized carbons (Fsp3) is 0.412. The van der Waals surface area contributed by atoms with Gasteiger partial charge in [0.1, 0.15) is 11.6 Å². The van der Waals surface area contributed by atoms with E-state index < -0.39 is 0 Å². The smallest absolute Gasteiger partial charge is 0.267 e. The zero-order chi connectivity index (χ0) is 15.1. The van der Waals surface area contributed by atoms with Crippen LogP contribution in [0.2, 0.25) is 0 Å². The van der Waals surface area contributed by atoms with Gasteiger partial charge in [-0.25, -0.2) is 0 Å². The molecule has 0 unspecified atom stereocenters. The Morgan fingerprint density at radius 1 is 1.29 bits per heavy atom. The zero-order valence-electron chi connectivity index (χ0n) is 12.4. The lowest BCUT2D eigenvalue weighted by atomic mass is 9.96. The van der Waals surface area contributed by atoms with Crippen LogP contribution in [-0.4, -0.2) is 11.9 Å². The Bertz CT molecular complexity index is 566. The highest BCUT2D eigenvalue weighted by Gasteiger charge is 2.14. The van der Waals surface area contributed by atoms with Crippen LogP contribution in [0.3, 0.4) is 0 Å².